The Labute approximate surface area is 114 Å². The lowest BCUT2D eigenvalue weighted by atomic mass is 9.80. The first-order valence-electron chi connectivity index (χ1n) is 7.07. The largest absolute Gasteiger partial charge is 0.381 e. The molecular weight excluding hydrogens is 242 g/mol. The smallest absolute Gasteiger partial charge is 0.240 e. The van der Waals surface area contributed by atoms with Crippen molar-refractivity contribution in [1.29, 1.82) is 5.26 Å². The molecule has 0 bridgehead atoms. The van der Waals surface area contributed by atoms with Gasteiger partial charge in [0.1, 0.15) is 5.41 Å². The molecule has 5 nitrogen and oxygen atoms in total. The molecule has 19 heavy (non-hydrogen) atoms. The zero-order valence-electron chi connectivity index (χ0n) is 11.8. The zero-order valence-corrected chi connectivity index (χ0v) is 11.8. The number of amides is 1. The van der Waals surface area contributed by atoms with Crippen LogP contribution in [0.15, 0.2) is 0 Å². The third-order valence-electron chi connectivity index (χ3n) is 4.54. The Morgan fingerprint density at radius 1 is 1.47 bits per heavy atom. The van der Waals surface area contributed by atoms with E-state index < -0.39 is 5.41 Å². The van der Waals surface area contributed by atoms with Gasteiger partial charge in [-0.1, -0.05) is 0 Å². The summed E-state index contributed by atoms with van der Waals surface area (Å²) in [4.78, 5) is 14.7. The molecule has 2 rings (SSSR count). The molecule has 0 aromatic carbocycles. The van der Waals surface area contributed by atoms with E-state index in [0.717, 1.165) is 19.4 Å². The molecule has 0 radical (unpaired) electrons. The average molecular weight is 265 g/mol. The van der Waals surface area contributed by atoms with E-state index in [1.165, 1.54) is 0 Å². The van der Waals surface area contributed by atoms with Crippen LogP contribution in [0, 0.1) is 16.7 Å². The maximum atomic E-state index is 12.4. The van der Waals surface area contributed by atoms with Crippen molar-refractivity contribution in [2.45, 2.75) is 44.7 Å². The molecule has 0 aromatic heterocycles. The fraction of sp³-hybridized carbons (Fsp3) is 0.857. The number of nitrogens with one attached hydrogen (secondary N) is 1. The molecule has 2 atom stereocenters. The molecule has 106 valence electrons. The number of hydrogen-bond donors (Lipinski definition) is 1. The second kappa shape index (κ2) is 5.89. The van der Waals surface area contributed by atoms with Crippen LogP contribution in [0.5, 0.6) is 0 Å². The molecule has 0 spiro atoms. The molecule has 1 N–H and O–H groups in total. The van der Waals surface area contributed by atoms with Crippen LogP contribution in [0.1, 0.15) is 32.6 Å². The van der Waals surface area contributed by atoms with Gasteiger partial charge in [0.15, 0.2) is 0 Å². The fourth-order valence-electron chi connectivity index (χ4n) is 2.85. The summed E-state index contributed by atoms with van der Waals surface area (Å²) in [5, 5.41) is 12.4. The highest BCUT2D eigenvalue weighted by molar-refractivity contribution is 5.85. The summed E-state index contributed by atoms with van der Waals surface area (Å²) in [7, 11) is 2.11. The van der Waals surface area contributed by atoms with Gasteiger partial charge >= 0.3 is 0 Å². The lowest BCUT2D eigenvalue weighted by Crippen LogP contribution is -2.52. The lowest BCUT2D eigenvalue weighted by Gasteiger charge is -2.37. The molecule has 0 saturated carbocycles. The molecule has 2 fully saturated rings. The average Bonchev–Trinajstić information content (AvgIpc) is 2.43. The number of piperidine rings is 1. The summed E-state index contributed by atoms with van der Waals surface area (Å²) in [5.74, 6) is -0.0972. The summed E-state index contributed by atoms with van der Waals surface area (Å²) in [6.07, 6.45) is 2.94. The molecule has 5 heteroatoms. The van der Waals surface area contributed by atoms with Crippen LogP contribution in [0.4, 0.5) is 0 Å². The van der Waals surface area contributed by atoms with Crippen molar-refractivity contribution in [2.24, 2.45) is 5.41 Å². The van der Waals surface area contributed by atoms with Crippen molar-refractivity contribution in [3.63, 3.8) is 0 Å². The van der Waals surface area contributed by atoms with Crippen molar-refractivity contribution in [3.05, 3.63) is 0 Å². The number of likely N-dealkylation sites (tertiary alicyclic amines) is 1. The maximum Gasteiger partial charge on any atom is 0.240 e. The van der Waals surface area contributed by atoms with Gasteiger partial charge in [-0.25, -0.2) is 0 Å². The monoisotopic (exact) mass is 265 g/mol. The Morgan fingerprint density at radius 3 is 2.74 bits per heavy atom. The van der Waals surface area contributed by atoms with E-state index in [0.29, 0.717) is 32.1 Å². The molecule has 0 aliphatic carbocycles. The van der Waals surface area contributed by atoms with Crippen LogP contribution in [0.25, 0.3) is 0 Å². The predicted molar refractivity (Wildman–Crippen MR) is 71.4 cm³/mol. The van der Waals surface area contributed by atoms with Crippen LogP contribution in [0.2, 0.25) is 0 Å². The molecule has 2 aliphatic rings. The van der Waals surface area contributed by atoms with Crippen molar-refractivity contribution >= 4 is 5.91 Å². The number of rotatable bonds is 2. The minimum absolute atomic E-state index is 0.0972. The van der Waals surface area contributed by atoms with Crippen LogP contribution in [-0.2, 0) is 9.53 Å². The Hall–Kier alpha value is -1.12. The number of ether oxygens (including phenoxy) is 1. The summed E-state index contributed by atoms with van der Waals surface area (Å²) in [5.41, 5.74) is -0.870. The predicted octanol–water partition coefficient (Wildman–Crippen LogP) is 0.906. The molecule has 2 saturated heterocycles. The van der Waals surface area contributed by atoms with Crippen LogP contribution < -0.4 is 5.32 Å². The van der Waals surface area contributed by atoms with Gasteiger partial charge in [-0.15, -0.1) is 0 Å². The topological polar surface area (TPSA) is 65.4 Å². The summed E-state index contributed by atoms with van der Waals surface area (Å²) in [6.45, 7) is 4.18. The summed E-state index contributed by atoms with van der Waals surface area (Å²) >= 11 is 0. The second-order valence-electron chi connectivity index (χ2n) is 5.83. The van der Waals surface area contributed by atoms with Crippen molar-refractivity contribution in [2.75, 3.05) is 26.8 Å². The minimum atomic E-state index is -0.870. The zero-order chi connectivity index (χ0) is 13.9. The van der Waals surface area contributed by atoms with Gasteiger partial charge in [0.2, 0.25) is 5.91 Å². The highest BCUT2D eigenvalue weighted by Gasteiger charge is 2.41. The van der Waals surface area contributed by atoms with E-state index in [9.17, 15) is 10.1 Å². The van der Waals surface area contributed by atoms with E-state index in [-0.39, 0.29) is 11.9 Å². The van der Waals surface area contributed by atoms with Crippen molar-refractivity contribution in [1.82, 2.24) is 10.2 Å². The third-order valence-corrected chi connectivity index (χ3v) is 4.54. The van der Waals surface area contributed by atoms with E-state index in [4.69, 9.17) is 4.74 Å². The first-order chi connectivity index (χ1) is 9.07. The van der Waals surface area contributed by atoms with E-state index in [1.54, 1.807) is 0 Å². The van der Waals surface area contributed by atoms with E-state index in [2.05, 4.69) is 30.3 Å². The number of nitrogens with zero attached hydrogens (tertiary/aromatic N) is 2. The quantitative estimate of drug-likeness (QED) is 0.806. The third kappa shape index (κ3) is 3.07. The second-order valence-corrected chi connectivity index (χ2v) is 5.83. The van der Waals surface area contributed by atoms with Gasteiger partial charge in [-0.3, -0.25) is 4.79 Å². The number of nitriles is 1. The molecule has 0 aromatic rings. The van der Waals surface area contributed by atoms with Gasteiger partial charge in [-0.2, -0.15) is 5.26 Å². The van der Waals surface area contributed by atoms with Crippen LogP contribution in [0.3, 0.4) is 0 Å². The van der Waals surface area contributed by atoms with Gasteiger partial charge in [0, 0.05) is 31.8 Å². The Morgan fingerprint density at radius 2 is 2.16 bits per heavy atom. The molecule has 2 aliphatic heterocycles. The van der Waals surface area contributed by atoms with Crippen LogP contribution in [-0.4, -0.2) is 49.7 Å². The Bertz CT molecular complexity index is 371. The first kappa shape index (κ1) is 14.3. The first-order valence-corrected chi connectivity index (χ1v) is 7.07. The summed E-state index contributed by atoms with van der Waals surface area (Å²) in [6, 6.07) is 2.90. The number of carbonyl (C=O) groups is 1. The standard InChI is InChI=1S/C14H23N3O2/c1-11-9-12(3-6-17(11)2)16-13(18)14(10-15)4-7-19-8-5-14/h11-12H,3-9H2,1-2H3,(H,16,18). The lowest BCUT2D eigenvalue weighted by molar-refractivity contribution is -0.133. The van der Waals surface area contributed by atoms with E-state index >= 15 is 0 Å². The SMILES string of the molecule is CC1CC(NC(=O)C2(C#N)CCOCC2)CCN1C. The fourth-order valence-corrected chi connectivity index (χ4v) is 2.85. The Balaban J connectivity index is 1.95. The van der Waals surface area contributed by atoms with Gasteiger partial charge in [0.25, 0.3) is 0 Å². The normalized spacial score (nSPS) is 31.4. The minimum Gasteiger partial charge on any atom is -0.381 e. The molecule has 2 unspecified atom stereocenters. The van der Waals surface area contributed by atoms with Gasteiger partial charge in [0.05, 0.1) is 6.07 Å². The van der Waals surface area contributed by atoms with E-state index in [1.807, 2.05) is 0 Å². The number of carbonyl (C=O) groups excluding carboxylic acids is 1. The maximum absolute atomic E-state index is 12.4. The Kier molecular flexibility index (Phi) is 4.43. The molecular formula is C14H23N3O2. The highest BCUT2D eigenvalue weighted by atomic mass is 16.5. The number of hydrogen-bond acceptors (Lipinski definition) is 4. The van der Waals surface area contributed by atoms with Gasteiger partial charge < -0.3 is 15.0 Å². The highest BCUT2D eigenvalue weighted by Crippen LogP contribution is 2.30. The summed E-state index contributed by atoms with van der Waals surface area (Å²) < 4.78 is 5.26. The van der Waals surface area contributed by atoms with Crippen molar-refractivity contribution < 1.29 is 9.53 Å². The molecule has 2 heterocycles. The molecule has 1 amide bonds. The van der Waals surface area contributed by atoms with Crippen molar-refractivity contribution in [3.8, 4) is 6.07 Å². The van der Waals surface area contributed by atoms with Crippen LogP contribution >= 0.6 is 0 Å². The van der Waals surface area contributed by atoms with Gasteiger partial charge in [-0.05, 0) is 39.7 Å².